The van der Waals surface area contributed by atoms with Gasteiger partial charge in [0.05, 0.1) is 0 Å². The number of hydrogen-bond acceptors (Lipinski definition) is 1. The van der Waals surface area contributed by atoms with Crippen molar-refractivity contribution in [2.75, 3.05) is 5.32 Å². The smallest absolute Gasteiger partial charge is 0.0440 e. The molecule has 15 heavy (non-hydrogen) atoms. The second kappa shape index (κ2) is 2.78. The summed E-state index contributed by atoms with van der Waals surface area (Å²) in [6, 6.07) is 8.84. The van der Waals surface area contributed by atoms with E-state index in [-0.39, 0.29) is 5.54 Å². The molecule has 0 unspecified atom stereocenters. The zero-order valence-corrected chi connectivity index (χ0v) is 9.64. The summed E-state index contributed by atoms with van der Waals surface area (Å²) in [6.45, 7) is 4.83. The van der Waals surface area contributed by atoms with Crippen molar-refractivity contribution in [3.8, 4) is 0 Å². The molecule has 1 aromatic carbocycles. The quantitative estimate of drug-likeness (QED) is 0.675. The van der Waals surface area contributed by atoms with E-state index in [1.54, 1.807) is 0 Å². The van der Waals surface area contributed by atoms with Crippen molar-refractivity contribution in [1.29, 1.82) is 0 Å². The van der Waals surface area contributed by atoms with Crippen molar-refractivity contribution >= 4 is 5.69 Å². The van der Waals surface area contributed by atoms with E-state index in [0.29, 0.717) is 5.41 Å². The molecule has 3 rings (SSSR count). The van der Waals surface area contributed by atoms with E-state index in [2.05, 4.69) is 43.4 Å². The van der Waals surface area contributed by atoms with Crippen molar-refractivity contribution in [2.24, 2.45) is 0 Å². The van der Waals surface area contributed by atoms with Crippen LogP contribution in [0, 0.1) is 0 Å². The Hall–Kier alpha value is -0.980. The van der Waals surface area contributed by atoms with E-state index in [9.17, 15) is 0 Å². The first kappa shape index (κ1) is 9.26. The molecule has 1 aromatic rings. The minimum atomic E-state index is 0.287. The lowest BCUT2D eigenvalue weighted by Crippen LogP contribution is -2.50. The number of hydrogen-bond donors (Lipinski definition) is 1. The number of para-hydroxylation sites is 1. The Kier molecular flexibility index (Phi) is 1.72. The Bertz CT molecular complexity index is 398. The van der Waals surface area contributed by atoms with Gasteiger partial charge in [-0.05, 0) is 31.4 Å². The SMILES string of the molecule is C[C@@]12CCCC[C@]1(C)Nc1ccccc12. The summed E-state index contributed by atoms with van der Waals surface area (Å²) in [6.07, 6.45) is 5.38. The van der Waals surface area contributed by atoms with E-state index >= 15 is 0 Å². The molecule has 0 spiro atoms. The zero-order valence-electron chi connectivity index (χ0n) is 9.64. The summed E-state index contributed by atoms with van der Waals surface area (Å²) in [5.41, 5.74) is 3.54. The monoisotopic (exact) mass is 201 g/mol. The highest BCUT2D eigenvalue weighted by molar-refractivity contribution is 5.64. The van der Waals surface area contributed by atoms with Gasteiger partial charge in [0.15, 0.2) is 0 Å². The average Bonchev–Trinajstić information content (AvgIpc) is 2.47. The maximum Gasteiger partial charge on any atom is 0.0440 e. The van der Waals surface area contributed by atoms with Gasteiger partial charge in [0.1, 0.15) is 0 Å². The number of fused-ring (bicyclic) bond motifs is 3. The van der Waals surface area contributed by atoms with Crippen LogP contribution < -0.4 is 5.32 Å². The molecule has 1 heteroatoms. The maximum atomic E-state index is 3.75. The molecule has 0 radical (unpaired) electrons. The molecule has 1 saturated carbocycles. The summed E-state index contributed by atoms with van der Waals surface area (Å²) in [5.74, 6) is 0. The molecule has 0 amide bonds. The van der Waals surface area contributed by atoms with Gasteiger partial charge < -0.3 is 5.32 Å². The van der Waals surface area contributed by atoms with Crippen LogP contribution in [0.1, 0.15) is 45.1 Å². The summed E-state index contributed by atoms with van der Waals surface area (Å²) in [4.78, 5) is 0. The Morgan fingerprint density at radius 2 is 1.80 bits per heavy atom. The molecule has 1 aliphatic carbocycles. The highest BCUT2D eigenvalue weighted by Crippen LogP contribution is 2.54. The van der Waals surface area contributed by atoms with Crippen LogP contribution in [0.3, 0.4) is 0 Å². The molecule has 0 saturated heterocycles. The predicted octanol–water partition coefficient (Wildman–Crippen LogP) is 3.70. The van der Waals surface area contributed by atoms with Crippen molar-refractivity contribution in [2.45, 2.75) is 50.5 Å². The molecular formula is C14H19N. The van der Waals surface area contributed by atoms with Gasteiger partial charge in [-0.2, -0.15) is 0 Å². The number of nitrogens with one attached hydrogen (secondary N) is 1. The largest absolute Gasteiger partial charge is 0.379 e. The first-order chi connectivity index (χ1) is 7.16. The van der Waals surface area contributed by atoms with E-state index in [1.807, 2.05) is 0 Å². The normalized spacial score (nSPS) is 38.0. The van der Waals surface area contributed by atoms with Gasteiger partial charge in [-0.3, -0.25) is 0 Å². The van der Waals surface area contributed by atoms with Gasteiger partial charge in [-0.15, -0.1) is 0 Å². The lowest BCUT2D eigenvalue weighted by molar-refractivity contribution is 0.214. The summed E-state index contributed by atoms with van der Waals surface area (Å²) >= 11 is 0. The molecule has 1 fully saturated rings. The highest BCUT2D eigenvalue weighted by atomic mass is 15.0. The van der Waals surface area contributed by atoms with Gasteiger partial charge in [0.25, 0.3) is 0 Å². The van der Waals surface area contributed by atoms with E-state index in [0.717, 1.165) is 0 Å². The Balaban J connectivity index is 2.17. The van der Waals surface area contributed by atoms with Gasteiger partial charge in [0, 0.05) is 16.6 Å². The van der Waals surface area contributed by atoms with Crippen LogP contribution in [-0.4, -0.2) is 5.54 Å². The fourth-order valence-electron chi connectivity index (χ4n) is 3.51. The fraction of sp³-hybridized carbons (Fsp3) is 0.571. The van der Waals surface area contributed by atoms with Crippen molar-refractivity contribution < 1.29 is 0 Å². The molecule has 1 heterocycles. The molecule has 2 aliphatic rings. The van der Waals surface area contributed by atoms with Gasteiger partial charge in [0.2, 0.25) is 0 Å². The van der Waals surface area contributed by atoms with Crippen LogP contribution >= 0.6 is 0 Å². The lowest BCUT2D eigenvalue weighted by atomic mass is 9.62. The van der Waals surface area contributed by atoms with Crippen molar-refractivity contribution in [3.05, 3.63) is 29.8 Å². The average molecular weight is 201 g/mol. The minimum absolute atomic E-state index is 0.287. The third kappa shape index (κ3) is 1.04. The number of benzene rings is 1. The predicted molar refractivity (Wildman–Crippen MR) is 64.3 cm³/mol. The van der Waals surface area contributed by atoms with Gasteiger partial charge in [-0.1, -0.05) is 38.0 Å². The molecule has 1 N–H and O–H groups in total. The van der Waals surface area contributed by atoms with Crippen LogP contribution in [0.4, 0.5) is 5.69 Å². The molecule has 0 bridgehead atoms. The second-order valence-corrected chi connectivity index (χ2v) is 5.54. The summed E-state index contributed by atoms with van der Waals surface area (Å²) in [5, 5.41) is 3.75. The van der Waals surface area contributed by atoms with Crippen LogP contribution in [0.15, 0.2) is 24.3 Å². The standard InChI is InChI=1S/C14H19N/c1-13-9-5-6-10-14(13,2)15-12-8-4-3-7-11(12)13/h3-4,7-8,15H,5-6,9-10H2,1-2H3/t13-,14-/m0/s1. The molecule has 2 atom stereocenters. The van der Waals surface area contributed by atoms with Crippen LogP contribution in [0.25, 0.3) is 0 Å². The summed E-state index contributed by atoms with van der Waals surface area (Å²) in [7, 11) is 0. The maximum absolute atomic E-state index is 3.75. The summed E-state index contributed by atoms with van der Waals surface area (Å²) < 4.78 is 0. The fourth-order valence-corrected chi connectivity index (χ4v) is 3.51. The first-order valence-electron chi connectivity index (χ1n) is 6.03. The Labute approximate surface area is 91.9 Å². The molecular weight excluding hydrogens is 182 g/mol. The van der Waals surface area contributed by atoms with E-state index in [1.165, 1.54) is 36.9 Å². The van der Waals surface area contributed by atoms with Gasteiger partial charge >= 0.3 is 0 Å². The van der Waals surface area contributed by atoms with E-state index in [4.69, 9.17) is 0 Å². The van der Waals surface area contributed by atoms with Crippen LogP contribution in [0.5, 0.6) is 0 Å². The van der Waals surface area contributed by atoms with Crippen molar-refractivity contribution in [1.82, 2.24) is 0 Å². The highest BCUT2D eigenvalue weighted by Gasteiger charge is 2.52. The van der Waals surface area contributed by atoms with E-state index < -0.39 is 0 Å². The third-order valence-electron chi connectivity index (χ3n) is 4.75. The molecule has 0 aromatic heterocycles. The number of rotatable bonds is 0. The topological polar surface area (TPSA) is 12.0 Å². The Morgan fingerprint density at radius 3 is 2.67 bits per heavy atom. The minimum Gasteiger partial charge on any atom is -0.379 e. The third-order valence-corrected chi connectivity index (χ3v) is 4.75. The lowest BCUT2D eigenvalue weighted by Gasteiger charge is -2.45. The number of anilines is 1. The van der Waals surface area contributed by atoms with Crippen LogP contribution in [-0.2, 0) is 5.41 Å². The Morgan fingerprint density at radius 1 is 1.07 bits per heavy atom. The molecule has 1 nitrogen and oxygen atoms in total. The molecule has 1 aliphatic heterocycles. The zero-order chi connectivity index (χ0) is 10.5. The van der Waals surface area contributed by atoms with Crippen LogP contribution in [0.2, 0.25) is 0 Å². The first-order valence-corrected chi connectivity index (χ1v) is 6.03. The second-order valence-electron chi connectivity index (χ2n) is 5.54. The van der Waals surface area contributed by atoms with Gasteiger partial charge in [-0.25, -0.2) is 0 Å². The molecule has 80 valence electrons. The van der Waals surface area contributed by atoms with Crippen molar-refractivity contribution in [3.63, 3.8) is 0 Å².